The van der Waals surface area contributed by atoms with Crippen LogP contribution in [-0.4, -0.2) is 36.8 Å². The molecule has 1 heterocycles. The molecular formula is C14H14BrN3O3. The number of carbonyl (C=O) groups is 3. The highest BCUT2D eigenvalue weighted by Gasteiger charge is 2.37. The second-order valence-electron chi connectivity index (χ2n) is 4.84. The summed E-state index contributed by atoms with van der Waals surface area (Å²) >= 11 is 3.36. The highest BCUT2D eigenvalue weighted by Crippen LogP contribution is 2.25. The van der Waals surface area contributed by atoms with E-state index in [1.165, 1.54) is 6.20 Å². The van der Waals surface area contributed by atoms with Crippen LogP contribution < -0.4 is 10.2 Å². The van der Waals surface area contributed by atoms with Crippen molar-refractivity contribution in [1.29, 1.82) is 0 Å². The average molecular weight is 352 g/mol. The monoisotopic (exact) mass is 351 g/mol. The fourth-order valence-electron chi connectivity index (χ4n) is 1.90. The van der Waals surface area contributed by atoms with Crippen molar-refractivity contribution in [2.75, 3.05) is 19.0 Å². The zero-order valence-electron chi connectivity index (χ0n) is 11.8. The van der Waals surface area contributed by atoms with Crippen molar-refractivity contribution in [3.8, 4) is 0 Å². The molecule has 110 valence electrons. The van der Waals surface area contributed by atoms with Crippen molar-refractivity contribution in [2.45, 2.75) is 6.92 Å². The van der Waals surface area contributed by atoms with Crippen LogP contribution in [0.4, 0.5) is 10.5 Å². The van der Waals surface area contributed by atoms with Gasteiger partial charge < -0.3 is 4.90 Å². The fraction of sp³-hybridized carbons (Fsp3) is 0.214. The second-order valence-corrected chi connectivity index (χ2v) is 5.69. The summed E-state index contributed by atoms with van der Waals surface area (Å²) < 4.78 is 0.872. The molecule has 7 heteroatoms. The van der Waals surface area contributed by atoms with E-state index >= 15 is 0 Å². The molecule has 1 aromatic carbocycles. The number of hydrogen-bond acceptors (Lipinski definition) is 4. The van der Waals surface area contributed by atoms with Gasteiger partial charge in [-0.05, 0) is 30.7 Å². The van der Waals surface area contributed by atoms with Crippen LogP contribution in [0.5, 0.6) is 0 Å². The van der Waals surface area contributed by atoms with Gasteiger partial charge in [-0.15, -0.1) is 0 Å². The molecule has 0 unspecified atom stereocenters. The molecule has 4 amide bonds. The summed E-state index contributed by atoms with van der Waals surface area (Å²) in [5.41, 5.74) is 1.21. The Labute approximate surface area is 130 Å². The summed E-state index contributed by atoms with van der Waals surface area (Å²) in [6.07, 6.45) is 1.39. The lowest BCUT2D eigenvalue weighted by molar-refractivity contribution is -0.122. The molecule has 0 aromatic heterocycles. The van der Waals surface area contributed by atoms with Crippen molar-refractivity contribution >= 4 is 39.5 Å². The fourth-order valence-corrected chi connectivity index (χ4v) is 2.15. The van der Waals surface area contributed by atoms with Crippen LogP contribution in [0.3, 0.4) is 0 Å². The minimum Gasteiger partial charge on any atom is -0.383 e. The Kier molecular flexibility index (Phi) is 4.13. The van der Waals surface area contributed by atoms with Gasteiger partial charge in [-0.2, -0.15) is 0 Å². The van der Waals surface area contributed by atoms with E-state index in [0.29, 0.717) is 5.69 Å². The number of rotatable bonds is 2. The first-order chi connectivity index (χ1) is 9.81. The number of nitrogens with one attached hydrogen (secondary N) is 1. The van der Waals surface area contributed by atoms with Crippen LogP contribution >= 0.6 is 15.9 Å². The number of amides is 4. The van der Waals surface area contributed by atoms with E-state index in [2.05, 4.69) is 21.2 Å². The second kappa shape index (κ2) is 5.69. The third-order valence-electron chi connectivity index (χ3n) is 2.89. The Balaban J connectivity index is 2.47. The number of benzene rings is 1. The van der Waals surface area contributed by atoms with Gasteiger partial charge in [0, 0.05) is 24.8 Å². The highest BCUT2D eigenvalue weighted by molar-refractivity contribution is 9.10. The maximum atomic E-state index is 12.4. The van der Waals surface area contributed by atoms with E-state index < -0.39 is 17.8 Å². The van der Waals surface area contributed by atoms with Crippen molar-refractivity contribution in [1.82, 2.24) is 10.2 Å². The first kappa shape index (κ1) is 15.2. The molecule has 1 aliphatic rings. The molecule has 1 aromatic rings. The molecule has 1 N–H and O–H groups in total. The summed E-state index contributed by atoms with van der Waals surface area (Å²) in [4.78, 5) is 38.7. The van der Waals surface area contributed by atoms with E-state index in [1.54, 1.807) is 37.2 Å². The number of carbonyl (C=O) groups excluding carboxylic acids is 3. The summed E-state index contributed by atoms with van der Waals surface area (Å²) in [5.74, 6) is -1.33. The highest BCUT2D eigenvalue weighted by atomic mass is 79.9. The topological polar surface area (TPSA) is 69.7 Å². The standard InChI is InChI=1S/C14H14BrN3O3/c1-8-6-9(4-5-11(8)15)18-13(20)10(7-17(2)3)12(19)16-14(18)21/h4-7H,1-3H3,(H,16,19,21). The van der Waals surface area contributed by atoms with Crippen molar-refractivity contribution in [3.63, 3.8) is 0 Å². The van der Waals surface area contributed by atoms with Gasteiger partial charge in [-0.1, -0.05) is 15.9 Å². The van der Waals surface area contributed by atoms with Crippen LogP contribution in [0.1, 0.15) is 5.56 Å². The zero-order valence-corrected chi connectivity index (χ0v) is 13.4. The quantitative estimate of drug-likeness (QED) is 0.651. The largest absolute Gasteiger partial charge is 0.383 e. The number of urea groups is 1. The van der Waals surface area contributed by atoms with E-state index in [0.717, 1.165) is 14.9 Å². The number of anilines is 1. The van der Waals surface area contributed by atoms with Gasteiger partial charge in [0.1, 0.15) is 5.57 Å². The number of nitrogens with zero attached hydrogens (tertiary/aromatic N) is 2. The Bertz CT molecular complexity index is 667. The first-order valence-electron chi connectivity index (χ1n) is 6.15. The van der Waals surface area contributed by atoms with Gasteiger partial charge in [0.15, 0.2) is 0 Å². The summed E-state index contributed by atoms with van der Waals surface area (Å²) in [7, 11) is 3.39. The molecule has 0 radical (unpaired) electrons. The zero-order chi connectivity index (χ0) is 15.7. The van der Waals surface area contributed by atoms with Crippen LogP contribution in [0.2, 0.25) is 0 Å². The Morgan fingerprint density at radius 1 is 1.24 bits per heavy atom. The summed E-state index contributed by atoms with van der Waals surface area (Å²) in [6.45, 7) is 1.85. The Morgan fingerprint density at radius 2 is 1.90 bits per heavy atom. The molecule has 21 heavy (non-hydrogen) atoms. The smallest absolute Gasteiger partial charge is 0.335 e. The molecule has 6 nitrogen and oxygen atoms in total. The lowest BCUT2D eigenvalue weighted by Gasteiger charge is -2.27. The van der Waals surface area contributed by atoms with Gasteiger partial charge in [0.25, 0.3) is 11.8 Å². The number of aryl methyl sites for hydroxylation is 1. The van der Waals surface area contributed by atoms with Crippen molar-refractivity contribution < 1.29 is 14.4 Å². The number of halogens is 1. The van der Waals surface area contributed by atoms with Gasteiger partial charge in [-0.3, -0.25) is 14.9 Å². The maximum absolute atomic E-state index is 12.4. The average Bonchev–Trinajstić information content (AvgIpc) is 2.38. The van der Waals surface area contributed by atoms with E-state index in [4.69, 9.17) is 0 Å². The van der Waals surface area contributed by atoms with E-state index in [9.17, 15) is 14.4 Å². The summed E-state index contributed by atoms with van der Waals surface area (Å²) in [5, 5.41) is 2.17. The molecule has 1 aliphatic heterocycles. The predicted molar refractivity (Wildman–Crippen MR) is 81.7 cm³/mol. The molecule has 0 saturated carbocycles. The number of barbiturate groups is 1. The third-order valence-corrected chi connectivity index (χ3v) is 3.78. The third kappa shape index (κ3) is 2.97. The van der Waals surface area contributed by atoms with Gasteiger partial charge in [0.05, 0.1) is 5.69 Å². The van der Waals surface area contributed by atoms with E-state index in [1.807, 2.05) is 6.92 Å². The van der Waals surface area contributed by atoms with Gasteiger partial charge >= 0.3 is 6.03 Å². The number of hydrogen-bond donors (Lipinski definition) is 1. The summed E-state index contributed by atoms with van der Waals surface area (Å²) in [6, 6.07) is 4.34. The molecule has 0 spiro atoms. The van der Waals surface area contributed by atoms with Gasteiger partial charge in [0.2, 0.25) is 0 Å². The Hall–Kier alpha value is -2.15. The molecule has 1 saturated heterocycles. The van der Waals surface area contributed by atoms with Crippen LogP contribution in [0.15, 0.2) is 34.4 Å². The lowest BCUT2D eigenvalue weighted by Crippen LogP contribution is -2.54. The van der Waals surface area contributed by atoms with Gasteiger partial charge in [-0.25, -0.2) is 9.69 Å². The SMILES string of the molecule is Cc1cc(N2C(=O)NC(=O)C(=CN(C)C)C2=O)ccc1Br. The molecule has 0 atom stereocenters. The normalized spacial score (nSPS) is 17.2. The van der Waals surface area contributed by atoms with E-state index in [-0.39, 0.29) is 5.57 Å². The number of imide groups is 2. The molecule has 2 rings (SSSR count). The molecule has 0 aliphatic carbocycles. The minimum atomic E-state index is -0.748. The minimum absolute atomic E-state index is 0.0832. The predicted octanol–water partition coefficient (Wildman–Crippen LogP) is 1.79. The van der Waals surface area contributed by atoms with Crippen molar-refractivity contribution in [3.05, 3.63) is 40.0 Å². The lowest BCUT2D eigenvalue weighted by atomic mass is 10.1. The Morgan fingerprint density at radius 3 is 2.48 bits per heavy atom. The molecular weight excluding hydrogens is 338 g/mol. The van der Waals surface area contributed by atoms with Crippen LogP contribution in [0, 0.1) is 6.92 Å². The van der Waals surface area contributed by atoms with Crippen LogP contribution in [0.25, 0.3) is 0 Å². The van der Waals surface area contributed by atoms with Crippen molar-refractivity contribution in [2.24, 2.45) is 0 Å². The first-order valence-corrected chi connectivity index (χ1v) is 6.94. The molecule has 0 bridgehead atoms. The van der Waals surface area contributed by atoms with Crippen LogP contribution in [-0.2, 0) is 9.59 Å². The molecule has 1 fully saturated rings. The maximum Gasteiger partial charge on any atom is 0.335 e.